The third-order valence-corrected chi connectivity index (χ3v) is 3.08. The molecule has 7 nitrogen and oxygen atoms in total. The van der Waals surface area contributed by atoms with Crippen LogP contribution in [0.2, 0.25) is 0 Å². The molecule has 0 aromatic heterocycles. The molecule has 5 N–H and O–H groups in total. The highest BCUT2D eigenvalue weighted by Gasteiger charge is 2.10. The largest absolute Gasteiger partial charge is 0.351 e. The number of aryl methyl sites for hydroxylation is 1. The second kappa shape index (κ2) is 6.50. The maximum absolute atomic E-state index is 11.9. The highest BCUT2D eigenvalue weighted by atomic mass is 32.2. The van der Waals surface area contributed by atoms with Gasteiger partial charge in [-0.2, -0.15) is 0 Å². The summed E-state index contributed by atoms with van der Waals surface area (Å²) in [6.45, 7) is 2.20. The molecule has 0 heterocycles. The third kappa shape index (κ3) is 5.25. The van der Waals surface area contributed by atoms with Crippen molar-refractivity contribution in [2.24, 2.45) is 5.84 Å². The van der Waals surface area contributed by atoms with Gasteiger partial charge in [0.2, 0.25) is 10.0 Å². The van der Waals surface area contributed by atoms with E-state index in [-0.39, 0.29) is 19.0 Å². The molecule has 0 aliphatic heterocycles. The lowest BCUT2D eigenvalue weighted by Gasteiger charge is -2.10. The fourth-order valence-corrected chi connectivity index (χ4v) is 1.95. The summed E-state index contributed by atoms with van der Waals surface area (Å²) in [5.41, 5.74) is 4.31. The van der Waals surface area contributed by atoms with E-state index in [2.05, 4.69) is 15.5 Å². The molecule has 8 heteroatoms. The molecule has 1 rings (SSSR count). The maximum Gasteiger partial charge on any atom is 0.253 e. The molecule has 0 spiro atoms. The van der Waals surface area contributed by atoms with Gasteiger partial charge in [0.25, 0.3) is 5.91 Å². The van der Waals surface area contributed by atoms with Gasteiger partial charge in [-0.1, -0.05) is 11.6 Å². The molecular weight excluding hydrogens is 268 g/mol. The first-order valence-corrected chi connectivity index (χ1v) is 7.53. The molecule has 0 radical (unpaired) electrons. The molecule has 106 valence electrons. The monoisotopic (exact) mass is 286 g/mol. The molecule has 19 heavy (non-hydrogen) atoms. The molecule has 0 bridgehead atoms. The van der Waals surface area contributed by atoms with E-state index in [9.17, 15) is 13.2 Å². The summed E-state index contributed by atoms with van der Waals surface area (Å²) in [5.74, 6) is 5.02. The second-order valence-corrected chi connectivity index (χ2v) is 5.95. The van der Waals surface area contributed by atoms with Crippen LogP contribution in [-0.4, -0.2) is 33.7 Å². The number of nitrogens with one attached hydrogen (secondary N) is 3. The standard InChI is InChI=1S/C11H18N4O3S/c1-8-3-4-10(15-12)9(7-8)11(16)13-5-6-14-19(2,17)18/h3-4,7,14-15H,5-6,12H2,1-2H3,(H,13,16). The Morgan fingerprint density at radius 3 is 2.58 bits per heavy atom. The predicted octanol–water partition coefficient (Wildman–Crippen LogP) is -0.440. The quantitative estimate of drug-likeness (QED) is 0.322. The van der Waals surface area contributed by atoms with Crippen LogP contribution >= 0.6 is 0 Å². The summed E-state index contributed by atoms with van der Waals surface area (Å²) >= 11 is 0. The summed E-state index contributed by atoms with van der Waals surface area (Å²) in [6, 6.07) is 5.24. The van der Waals surface area contributed by atoms with Crippen LogP contribution < -0.4 is 21.3 Å². The zero-order valence-electron chi connectivity index (χ0n) is 10.9. The Labute approximate surface area is 112 Å². The fraction of sp³-hybridized carbons (Fsp3) is 0.364. The van der Waals surface area contributed by atoms with Crippen LogP contribution in [0.1, 0.15) is 15.9 Å². The molecular formula is C11H18N4O3S. The van der Waals surface area contributed by atoms with Crippen LogP contribution in [0, 0.1) is 6.92 Å². The normalized spacial score (nSPS) is 11.1. The number of nitrogens with two attached hydrogens (primary N) is 1. The van der Waals surface area contributed by atoms with Crippen molar-refractivity contribution in [3.63, 3.8) is 0 Å². The molecule has 0 atom stereocenters. The summed E-state index contributed by atoms with van der Waals surface area (Å²) < 4.78 is 24.0. The van der Waals surface area contributed by atoms with E-state index in [0.717, 1.165) is 11.8 Å². The maximum atomic E-state index is 11.9. The SMILES string of the molecule is Cc1ccc(NN)c(C(=O)NCCNS(C)(=O)=O)c1. The van der Waals surface area contributed by atoms with Gasteiger partial charge >= 0.3 is 0 Å². The molecule has 0 aliphatic carbocycles. The number of sulfonamides is 1. The van der Waals surface area contributed by atoms with E-state index in [1.54, 1.807) is 12.1 Å². The molecule has 1 aromatic carbocycles. The minimum absolute atomic E-state index is 0.141. The molecule has 0 fully saturated rings. The van der Waals surface area contributed by atoms with Crippen LogP contribution in [0.4, 0.5) is 5.69 Å². The van der Waals surface area contributed by atoms with Crippen molar-refractivity contribution < 1.29 is 13.2 Å². The van der Waals surface area contributed by atoms with E-state index < -0.39 is 10.0 Å². The summed E-state index contributed by atoms with van der Waals surface area (Å²) in [4.78, 5) is 11.9. The van der Waals surface area contributed by atoms with Crippen molar-refractivity contribution >= 4 is 21.6 Å². The van der Waals surface area contributed by atoms with E-state index in [1.165, 1.54) is 0 Å². The topological polar surface area (TPSA) is 113 Å². The Bertz CT molecular complexity index is 557. The van der Waals surface area contributed by atoms with Crippen molar-refractivity contribution in [2.45, 2.75) is 6.92 Å². The van der Waals surface area contributed by atoms with Crippen LogP contribution in [0.3, 0.4) is 0 Å². The van der Waals surface area contributed by atoms with Crippen LogP contribution in [0.25, 0.3) is 0 Å². The summed E-state index contributed by atoms with van der Waals surface area (Å²) in [5, 5.41) is 2.61. The van der Waals surface area contributed by atoms with E-state index >= 15 is 0 Å². The van der Waals surface area contributed by atoms with Crippen LogP contribution in [0.5, 0.6) is 0 Å². The fourth-order valence-electron chi connectivity index (χ4n) is 1.48. The molecule has 0 unspecified atom stereocenters. The zero-order valence-corrected chi connectivity index (χ0v) is 11.7. The van der Waals surface area contributed by atoms with Gasteiger partial charge in [-0.25, -0.2) is 13.1 Å². The first-order valence-electron chi connectivity index (χ1n) is 5.63. The van der Waals surface area contributed by atoms with E-state index in [0.29, 0.717) is 11.3 Å². The average Bonchev–Trinajstić information content (AvgIpc) is 2.33. The number of anilines is 1. The number of nitrogen functional groups attached to an aromatic ring is 1. The minimum Gasteiger partial charge on any atom is -0.351 e. The third-order valence-electron chi connectivity index (χ3n) is 2.35. The van der Waals surface area contributed by atoms with Crippen LogP contribution in [0.15, 0.2) is 18.2 Å². The number of hydrogen-bond acceptors (Lipinski definition) is 5. The van der Waals surface area contributed by atoms with Gasteiger partial charge < -0.3 is 10.7 Å². The number of amides is 1. The Morgan fingerprint density at radius 2 is 2.00 bits per heavy atom. The van der Waals surface area contributed by atoms with Crippen molar-refractivity contribution in [2.75, 3.05) is 24.8 Å². The number of carbonyl (C=O) groups is 1. The zero-order chi connectivity index (χ0) is 14.5. The minimum atomic E-state index is -3.24. The van der Waals surface area contributed by atoms with Crippen LogP contribution in [-0.2, 0) is 10.0 Å². The number of rotatable bonds is 6. The van der Waals surface area contributed by atoms with Crippen molar-refractivity contribution in [1.29, 1.82) is 0 Å². The lowest BCUT2D eigenvalue weighted by Crippen LogP contribution is -2.34. The lowest BCUT2D eigenvalue weighted by molar-refractivity contribution is 0.0955. The molecule has 1 aromatic rings. The van der Waals surface area contributed by atoms with Gasteiger partial charge in [0.05, 0.1) is 17.5 Å². The molecule has 0 saturated carbocycles. The molecule has 0 aliphatic rings. The molecule has 0 saturated heterocycles. The Kier molecular flexibility index (Phi) is 5.28. The van der Waals surface area contributed by atoms with Gasteiger partial charge in [0, 0.05) is 13.1 Å². The number of benzene rings is 1. The van der Waals surface area contributed by atoms with Crippen molar-refractivity contribution in [1.82, 2.24) is 10.0 Å². The Hall–Kier alpha value is -1.64. The summed E-state index contributed by atoms with van der Waals surface area (Å²) in [6.07, 6.45) is 1.06. The van der Waals surface area contributed by atoms with Crippen molar-refractivity contribution in [3.05, 3.63) is 29.3 Å². The highest BCUT2D eigenvalue weighted by Crippen LogP contribution is 2.15. The number of hydrazine groups is 1. The van der Waals surface area contributed by atoms with E-state index in [1.807, 2.05) is 13.0 Å². The van der Waals surface area contributed by atoms with E-state index in [4.69, 9.17) is 5.84 Å². The Morgan fingerprint density at radius 1 is 1.32 bits per heavy atom. The van der Waals surface area contributed by atoms with Gasteiger partial charge in [0.15, 0.2) is 0 Å². The molecule has 1 amide bonds. The number of hydrogen-bond donors (Lipinski definition) is 4. The van der Waals surface area contributed by atoms with Gasteiger partial charge in [0.1, 0.15) is 0 Å². The summed E-state index contributed by atoms with van der Waals surface area (Å²) in [7, 11) is -3.24. The first kappa shape index (κ1) is 15.4. The van der Waals surface area contributed by atoms with Gasteiger partial charge in [-0.05, 0) is 19.1 Å². The van der Waals surface area contributed by atoms with Gasteiger partial charge in [-0.3, -0.25) is 10.6 Å². The Balaban J connectivity index is 2.61. The van der Waals surface area contributed by atoms with Crippen molar-refractivity contribution in [3.8, 4) is 0 Å². The average molecular weight is 286 g/mol. The second-order valence-electron chi connectivity index (χ2n) is 4.12. The highest BCUT2D eigenvalue weighted by molar-refractivity contribution is 7.88. The number of carbonyl (C=O) groups excluding carboxylic acids is 1. The predicted molar refractivity (Wildman–Crippen MR) is 74.2 cm³/mol. The van der Waals surface area contributed by atoms with Gasteiger partial charge in [-0.15, -0.1) is 0 Å². The first-order chi connectivity index (χ1) is 8.83. The smallest absolute Gasteiger partial charge is 0.253 e. The lowest BCUT2D eigenvalue weighted by atomic mass is 10.1.